The smallest absolute Gasteiger partial charge is 0.255 e. The van der Waals surface area contributed by atoms with Gasteiger partial charge in [0.15, 0.2) is 11.5 Å². The molecular weight excluding hydrogens is 369 g/mol. The molecule has 0 spiro atoms. The third-order valence-electron chi connectivity index (χ3n) is 2.73. The Hall–Kier alpha value is -1.76. The third kappa shape index (κ3) is 3.41. The molecule has 2 rings (SSSR count). The van der Waals surface area contributed by atoms with Gasteiger partial charge in [-0.15, -0.1) is 0 Å². The molecule has 0 unspecified atom stereocenters. The molecule has 4 nitrogen and oxygen atoms in total. The van der Waals surface area contributed by atoms with Crippen LogP contribution in [0.3, 0.4) is 0 Å². The summed E-state index contributed by atoms with van der Waals surface area (Å²) in [6.45, 7) is 0. The quantitative estimate of drug-likeness (QED) is 0.822. The topological polar surface area (TPSA) is 47.6 Å². The van der Waals surface area contributed by atoms with Crippen molar-refractivity contribution in [3.8, 4) is 11.5 Å². The summed E-state index contributed by atoms with van der Waals surface area (Å²) in [5, 5.41) is 2.85. The predicted molar refractivity (Wildman–Crippen MR) is 86.7 cm³/mol. The van der Waals surface area contributed by atoms with E-state index in [1.165, 1.54) is 0 Å². The number of anilines is 1. The molecule has 2 aromatic rings. The first-order valence-corrected chi connectivity index (χ1v) is 7.01. The number of hydrogen-bond acceptors (Lipinski definition) is 3. The highest BCUT2D eigenvalue weighted by atomic mass is 127. The Labute approximate surface area is 131 Å². The number of nitrogens with one attached hydrogen (secondary N) is 1. The van der Waals surface area contributed by atoms with Crippen molar-refractivity contribution in [2.45, 2.75) is 0 Å². The first-order valence-electron chi connectivity index (χ1n) is 5.93. The van der Waals surface area contributed by atoms with Crippen molar-refractivity contribution in [3.05, 3.63) is 51.6 Å². The average molecular weight is 383 g/mol. The van der Waals surface area contributed by atoms with Crippen LogP contribution in [0.1, 0.15) is 10.4 Å². The fourth-order valence-electron chi connectivity index (χ4n) is 1.75. The molecule has 1 N–H and O–H groups in total. The van der Waals surface area contributed by atoms with Gasteiger partial charge in [-0.2, -0.15) is 0 Å². The van der Waals surface area contributed by atoms with E-state index in [0.29, 0.717) is 17.1 Å². The summed E-state index contributed by atoms with van der Waals surface area (Å²) in [6, 6.07) is 12.7. The predicted octanol–water partition coefficient (Wildman–Crippen LogP) is 3.56. The second-order valence-electron chi connectivity index (χ2n) is 4.03. The van der Waals surface area contributed by atoms with Crippen LogP contribution in [0.4, 0.5) is 5.69 Å². The molecule has 1 amide bonds. The average Bonchev–Trinajstić information content (AvgIpc) is 2.46. The zero-order valence-electron chi connectivity index (χ0n) is 11.1. The molecule has 104 valence electrons. The van der Waals surface area contributed by atoms with Crippen molar-refractivity contribution in [2.24, 2.45) is 0 Å². The van der Waals surface area contributed by atoms with Gasteiger partial charge >= 0.3 is 0 Å². The van der Waals surface area contributed by atoms with Crippen molar-refractivity contribution in [1.29, 1.82) is 0 Å². The number of amides is 1. The summed E-state index contributed by atoms with van der Waals surface area (Å²) in [7, 11) is 3.10. The maximum Gasteiger partial charge on any atom is 0.255 e. The Balaban J connectivity index is 2.21. The molecule has 0 saturated carbocycles. The fraction of sp³-hybridized carbons (Fsp3) is 0.133. The van der Waals surface area contributed by atoms with E-state index >= 15 is 0 Å². The van der Waals surface area contributed by atoms with Crippen LogP contribution in [-0.2, 0) is 0 Å². The molecule has 0 fully saturated rings. The van der Waals surface area contributed by atoms with Gasteiger partial charge in [0.25, 0.3) is 5.91 Å². The molecule has 0 aromatic heterocycles. The Bertz CT molecular complexity index is 628. The maximum atomic E-state index is 12.2. The van der Waals surface area contributed by atoms with Crippen LogP contribution >= 0.6 is 22.6 Å². The number of carbonyl (C=O) groups is 1. The molecule has 2 aromatic carbocycles. The summed E-state index contributed by atoms with van der Waals surface area (Å²) in [4.78, 5) is 12.2. The molecule has 0 aliphatic heterocycles. The van der Waals surface area contributed by atoms with E-state index in [1.807, 2.05) is 24.3 Å². The monoisotopic (exact) mass is 383 g/mol. The first kappa shape index (κ1) is 14.6. The molecule has 5 heteroatoms. The lowest BCUT2D eigenvalue weighted by molar-refractivity contribution is 0.102. The lowest BCUT2D eigenvalue weighted by Gasteiger charge is -2.10. The fourth-order valence-corrected chi connectivity index (χ4v) is 2.29. The van der Waals surface area contributed by atoms with Crippen LogP contribution in [0.25, 0.3) is 0 Å². The minimum Gasteiger partial charge on any atom is -0.493 e. The van der Waals surface area contributed by atoms with Crippen molar-refractivity contribution in [3.63, 3.8) is 0 Å². The molecule has 20 heavy (non-hydrogen) atoms. The Morgan fingerprint density at radius 3 is 2.45 bits per heavy atom. The van der Waals surface area contributed by atoms with Gasteiger partial charge in [0.05, 0.1) is 14.2 Å². The van der Waals surface area contributed by atoms with Gasteiger partial charge in [-0.25, -0.2) is 0 Å². The normalized spacial score (nSPS) is 9.95. The minimum atomic E-state index is -0.187. The molecule has 0 aliphatic carbocycles. The SMILES string of the molecule is COc1ccc(C(=O)Nc2cccc(I)c2)cc1OC. The number of carbonyl (C=O) groups excluding carboxylic acids is 1. The van der Waals surface area contributed by atoms with Gasteiger partial charge in [0.1, 0.15) is 0 Å². The van der Waals surface area contributed by atoms with E-state index in [1.54, 1.807) is 32.4 Å². The molecule has 0 radical (unpaired) electrons. The van der Waals surface area contributed by atoms with E-state index in [4.69, 9.17) is 9.47 Å². The van der Waals surface area contributed by atoms with Gasteiger partial charge in [0, 0.05) is 14.8 Å². The van der Waals surface area contributed by atoms with Crippen molar-refractivity contribution in [2.75, 3.05) is 19.5 Å². The number of halogens is 1. The second-order valence-corrected chi connectivity index (χ2v) is 5.28. The van der Waals surface area contributed by atoms with Crippen LogP contribution in [0.2, 0.25) is 0 Å². The number of benzene rings is 2. The van der Waals surface area contributed by atoms with Gasteiger partial charge in [0.2, 0.25) is 0 Å². The zero-order chi connectivity index (χ0) is 14.5. The summed E-state index contributed by atoms with van der Waals surface area (Å²) in [5.74, 6) is 0.939. The van der Waals surface area contributed by atoms with E-state index in [2.05, 4.69) is 27.9 Å². The molecular formula is C15H14INO3. The number of methoxy groups -OCH3 is 2. The summed E-state index contributed by atoms with van der Waals surface area (Å²) < 4.78 is 11.4. The van der Waals surface area contributed by atoms with Crippen molar-refractivity contribution in [1.82, 2.24) is 0 Å². The van der Waals surface area contributed by atoms with Crippen molar-refractivity contribution >= 4 is 34.2 Å². The summed E-state index contributed by atoms with van der Waals surface area (Å²) >= 11 is 2.20. The zero-order valence-corrected chi connectivity index (χ0v) is 13.3. The van der Waals surface area contributed by atoms with Crippen molar-refractivity contribution < 1.29 is 14.3 Å². The van der Waals surface area contributed by atoms with Crippen LogP contribution in [0.15, 0.2) is 42.5 Å². The highest BCUT2D eigenvalue weighted by molar-refractivity contribution is 14.1. The van der Waals surface area contributed by atoms with E-state index in [9.17, 15) is 4.79 Å². The number of ether oxygens (including phenoxy) is 2. The number of hydrogen-bond donors (Lipinski definition) is 1. The van der Waals surface area contributed by atoms with E-state index in [0.717, 1.165) is 9.26 Å². The lowest BCUT2D eigenvalue weighted by atomic mass is 10.2. The Morgan fingerprint density at radius 2 is 1.80 bits per heavy atom. The largest absolute Gasteiger partial charge is 0.493 e. The maximum absolute atomic E-state index is 12.2. The highest BCUT2D eigenvalue weighted by Gasteiger charge is 2.11. The van der Waals surface area contributed by atoms with Gasteiger partial charge in [-0.05, 0) is 59.0 Å². The molecule has 0 bridgehead atoms. The minimum absolute atomic E-state index is 0.187. The summed E-state index contributed by atoms with van der Waals surface area (Å²) in [5.41, 5.74) is 1.28. The van der Waals surface area contributed by atoms with Gasteiger partial charge < -0.3 is 14.8 Å². The molecule has 0 heterocycles. The summed E-state index contributed by atoms with van der Waals surface area (Å²) in [6.07, 6.45) is 0. The number of rotatable bonds is 4. The lowest BCUT2D eigenvalue weighted by Crippen LogP contribution is -2.12. The standard InChI is InChI=1S/C15H14INO3/c1-19-13-7-6-10(8-14(13)20-2)15(18)17-12-5-3-4-11(16)9-12/h3-9H,1-2H3,(H,17,18). The van der Waals surface area contributed by atoms with Crippen LogP contribution < -0.4 is 14.8 Å². The Morgan fingerprint density at radius 1 is 1.05 bits per heavy atom. The molecule has 0 aliphatic rings. The van der Waals surface area contributed by atoms with E-state index < -0.39 is 0 Å². The van der Waals surface area contributed by atoms with E-state index in [-0.39, 0.29) is 5.91 Å². The Kier molecular flexibility index (Phi) is 4.84. The van der Waals surface area contributed by atoms with Gasteiger partial charge in [-0.3, -0.25) is 4.79 Å². The first-order chi connectivity index (χ1) is 9.63. The van der Waals surface area contributed by atoms with Crippen LogP contribution in [-0.4, -0.2) is 20.1 Å². The molecule has 0 saturated heterocycles. The van der Waals surface area contributed by atoms with Gasteiger partial charge in [-0.1, -0.05) is 6.07 Å². The van der Waals surface area contributed by atoms with Crippen LogP contribution in [0, 0.1) is 3.57 Å². The molecule has 0 atom stereocenters. The highest BCUT2D eigenvalue weighted by Crippen LogP contribution is 2.27. The third-order valence-corrected chi connectivity index (χ3v) is 3.40. The van der Waals surface area contributed by atoms with Crippen LogP contribution in [0.5, 0.6) is 11.5 Å². The second kappa shape index (κ2) is 6.60.